The molecular weight excluding hydrogens is 379 g/mol. The average molecular weight is 392 g/mol. The Hall–Kier alpha value is -3.62. The van der Waals surface area contributed by atoms with Gasteiger partial charge in [-0.1, -0.05) is 30.0 Å². The van der Waals surface area contributed by atoms with Crippen LogP contribution >= 0.6 is 11.8 Å². The zero-order chi connectivity index (χ0) is 20.1. The molecule has 28 heavy (non-hydrogen) atoms. The van der Waals surface area contributed by atoms with Crippen molar-refractivity contribution in [3.05, 3.63) is 71.0 Å². The van der Waals surface area contributed by atoms with Gasteiger partial charge in [-0.3, -0.25) is 9.59 Å². The minimum Gasteiger partial charge on any atom is -0.349 e. The Morgan fingerprint density at radius 1 is 1.07 bits per heavy atom. The Bertz CT molecular complexity index is 1010. The third kappa shape index (κ3) is 4.03. The summed E-state index contributed by atoms with van der Waals surface area (Å²) in [6, 6.07) is 17.5. The molecule has 0 bridgehead atoms. The predicted molar refractivity (Wildman–Crippen MR) is 103 cm³/mol. The normalized spacial score (nSPS) is 15.7. The van der Waals surface area contributed by atoms with Crippen LogP contribution in [0.1, 0.15) is 6.42 Å². The molecule has 0 saturated carbocycles. The van der Waals surface area contributed by atoms with Gasteiger partial charge in [0.15, 0.2) is 5.57 Å². The first-order chi connectivity index (χ1) is 13.5. The van der Waals surface area contributed by atoms with Crippen LogP contribution in [0.15, 0.2) is 65.2 Å². The first-order valence-electron chi connectivity index (χ1n) is 8.19. The topological polar surface area (TPSA) is 97.0 Å². The van der Waals surface area contributed by atoms with E-state index in [2.05, 4.69) is 5.32 Å². The molecule has 1 heterocycles. The van der Waals surface area contributed by atoms with Crippen LogP contribution in [0.2, 0.25) is 0 Å². The summed E-state index contributed by atoms with van der Waals surface area (Å²) in [6.07, 6.45) is -0.0923. The Kier molecular flexibility index (Phi) is 5.73. The summed E-state index contributed by atoms with van der Waals surface area (Å²) < 4.78 is 13.1. The maximum absolute atomic E-state index is 13.1. The molecular formula is C20H13FN4O2S. The van der Waals surface area contributed by atoms with Gasteiger partial charge in [0.25, 0.3) is 0 Å². The van der Waals surface area contributed by atoms with Crippen molar-refractivity contribution in [2.24, 2.45) is 0 Å². The molecule has 3 rings (SSSR count). The lowest BCUT2D eigenvalue weighted by molar-refractivity contribution is -0.121. The minimum absolute atomic E-state index is 0.0923. The highest BCUT2D eigenvalue weighted by Gasteiger charge is 2.41. The second kappa shape index (κ2) is 8.38. The quantitative estimate of drug-likeness (QED) is 0.617. The van der Waals surface area contributed by atoms with Gasteiger partial charge >= 0.3 is 0 Å². The van der Waals surface area contributed by atoms with E-state index in [1.165, 1.54) is 24.3 Å². The van der Waals surface area contributed by atoms with Crippen LogP contribution in [0, 0.1) is 28.5 Å². The Morgan fingerprint density at radius 2 is 1.71 bits per heavy atom. The van der Waals surface area contributed by atoms with Gasteiger partial charge in [-0.05, 0) is 36.4 Å². The van der Waals surface area contributed by atoms with Gasteiger partial charge < -0.3 is 5.32 Å². The molecule has 6 nitrogen and oxygen atoms in total. The number of benzene rings is 2. The van der Waals surface area contributed by atoms with Gasteiger partial charge in [-0.2, -0.15) is 10.5 Å². The SMILES string of the molecule is N#CC(C#N)=C(Nc1ccccc1)S[C@@H]1CC(=O)N(c2ccc(F)cc2)C1=O. The van der Waals surface area contributed by atoms with Gasteiger partial charge in [0.05, 0.1) is 10.9 Å². The van der Waals surface area contributed by atoms with Crippen LogP contribution in [0.5, 0.6) is 0 Å². The molecule has 8 heteroatoms. The number of halogens is 1. The van der Waals surface area contributed by atoms with Crippen molar-refractivity contribution in [2.75, 3.05) is 10.2 Å². The molecule has 1 saturated heterocycles. The number of carbonyl (C=O) groups excluding carboxylic acids is 2. The Balaban J connectivity index is 1.85. The highest BCUT2D eigenvalue weighted by atomic mass is 32.2. The van der Waals surface area contributed by atoms with Gasteiger partial charge in [-0.25, -0.2) is 9.29 Å². The van der Waals surface area contributed by atoms with Crippen LogP contribution in [-0.4, -0.2) is 17.1 Å². The number of amides is 2. The number of nitriles is 2. The summed E-state index contributed by atoms with van der Waals surface area (Å²) >= 11 is 0.955. The zero-order valence-electron chi connectivity index (χ0n) is 14.4. The fraction of sp³-hybridized carbons (Fsp3) is 0.100. The minimum atomic E-state index is -0.805. The number of imide groups is 1. The van der Waals surface area contributed by atoms with E-state index in [-0.39, 0.29) is 22.7 Å². The summed E-state index contributed by atoms with van der Waals surface area (Å²) in [6.45, 7) is 0. The standard InChI is InChI=1S/C20H13FN4O2S/c21-14-6-8-16(9-7-14)25-18(26)10-17(20(25)27)28-19(13(11-22)12-23)24-15-4-2-1-3-5-15/h1-9,17,24H,10H2/t17-/m1/s1. The predicted octanol–water partition coefficient (Wildman–Crippen LogP) is 3.56. The highest BCUT2D eigenvalue weighted by Crippen LogP contribution is 2.35. The molecule has 2 aromatic rings. The van der Waals surface area contributed by atoms with Gasteiger partial charge in [-0.15, -0.1) is 0 Å². The third-order valence-electron chi connectivity index (χ3n) is 3.93. The number of allylic oxidation sites excluding steroid dienone is 1. The maximum atomic E-state index is 13.1. The zero-order valence-corrected chi connectivity index (χ0v) is 15.2. The van der Waals surface area contributed by atoms with Crippen LogP contribution < -0.4 is 10.2 Å². The number of hydrogen-bond donors (Lipinski definition) is 1. The van der Waals surface area contributed by atoms with Gasteiger partial charge in [0.1, 0.15) is 23.0 Å². The van der Waals surface area contributed by atoms with E-state index in [4.69, 9.17) is 0 Å². The molecule has 1 aliphatic rings. The van der Waals surface area contributed by atoms with Crippen LogP contribution in [0.4, 0.5) is 15.8 Å². The van der Waals surface area contributed by atoms with E-state index in [1.54, 1.807) is 36.4 Å². The van der Waals surface area contributed by atoms with Crippen molar-refractivity contribution < 1.29 is 14.0 Å². The monoisotopic (exact) mass is 392 g/mol. The first-order valence-corrected chi connectivity index (χ1v) is 9.07. The van der Waals surface area contributed by atoms with Crippen molar-refractivity contribution >= 4 is 35.0 Å². The average Bonchev–Trinajstić information content (AvgIpc) is 2.97. The molecule has 0 radical (unpaired) electrons. The first kappa shape index (κ1) is 19.2. The fourth-order valence-electron chi connectivity index (χ4n) is 2.63. The molecule has 138 valence electrons. The lowest BCUT2D eigenvalue weighted by Crippen LogP contribution is -2.31. The Morgan fingerprint density at radius 3 is 2.32 bits per heavy atom. The summed E-state index contributed by atoms with van der Waals surface area (Å²) in [7, 11) is 0. The summed E-state index contributed by atoms with van der Waals surface area (Å²) in [5.74, 6) is -1.38. The maximum Gasteiger partial charge on any atom is 0.247 e. The van der Waals surface area contributed by atoms with Crippen LogP contribution in [0.25, 0.3) is 0 Å². The van der Waals surface area contributed by atoms with Crippen LogP contribution in [0.3, 0.4) is 0 Å². The number of nitrogens with zero attached hydrogens (tertiary/aromatic N) is 3. The van der Waals surface area contributed by atoms with Gasteiger partial charge in [0, 0.05) is 12.1 Å². The lowest BCUT2D eigenvalue weighted by Gasteiger charge is -2.16. The second-order valence-corrected chi connectivity index (χ2v) is 6.99. The number of carbonyl (C=O) groups is 2. The largest absolute Gasteiger partial charge is 0.349 e. The number of anilines is 2. The van der Waals surface area contributed by atoms with E-state index >= 15 is 0 Å². The van der Waals surface area contributed by atoms with Crippen molar-refractivity contribution in [3.8, 4) is 12.1 Å². The summed E-state index contributed by atoms with van der Waals surface area (Å²) in [4.78, 5) is 26.1. The van der Waals surface area contributed by atoms with Gasteiger partial charge in [0.2, 0.25) is 11.8 Å². The van der Waals surface area contributed by atoms with E-state index in [1.807, 2.05) is 6.07 Å². The van der Waals surface area contributed by atoms with Crippen molar-refractivity contribution in [3.63, 3.8) is 0 Å². The number of nitrogens with one attached hydrogen (secondary N) is 1. The summed E-state index contributed by atoms with van der Waals surface area (Å²) in [5, 5.41) is 20.8. The van der Waals surface area contributed by atoms with E-state index in [9.17, 15) is 24.5 Å². The third-order valence-corrected chi connectivity index (χ3v) is 5.13. The lowest BCUT2D eigenvalue weighted by atomic mass is 10.3. The van der Waals surface area contributed by atoms with Crippen molar-refractivity contribution in [1.82, 2.24) is 0 Å². The molecule has 0 unspecified atom stereocenters. The second-order valence-electron chi connectivity index (χ2n) is 5.77. The molecule has 0 aromatic heterocycles. The van der Waals surface area contributed by atoms with E-state index in [0.717, 1.165) is 16.7 Å². The molecule has 0 spiro atoms. The van der Waals surface area contributed by atoms with E-state index in [0.29, 0.717) is 5.69 Å². The number of rotatable bonds is 5. The molecule has 0 aliphatic carbocycles. The van der Waals surface area contributed by atoms with Crippen LogP contribution in [-0.2, 0) is 9.59 Å². The molecule has 1 fully saturated rings. The van der Waals surface area contributed by atoms with E-state index < -0.39 is 22.9 Å². The highest BCUT2D eigenvalue weighted by molar-refractivity contribution is 8.04. The molecule has 2 aromatic carbocycles. The van der Waals surface area contributed by atoms with Crippen molar-refractivity contribution in [1.29, 1.82) is 10.5 Å². The molecule has 1 N–H and O–H groups in total. The van der Waals surface area contributed by atoms with Crippen molar-refractivity contribution in [2.45, 2.75) is 11.7 Å². The number of hydrogen-bond acceptors (Lipinski definition) is 6. The number of thioether (sulfide) groups is 1. The molecule has 2 amide bonds. The molecule has 1 aliphatic heterocycles. The smallest absolute Gasteiger partial charge is 0.247 e. The summed E-state index contributed by atoms with van der Waals surface area (Å²) in [5.41, 5.74) is 0.733. The Labute approximate surface area is 164 Å². The molecule has 1 atom stereocenters. The number of para-hydroxylation sites is 1. The fourth-order valence-corrected chi connectivity index (χ4v) is 3.73.